The van der Waals surface area contributed by atoms with Gasteiger partial charge in [0.15, 0.2) is 0 Å². The van der Waals surface area contributed by atoms with Gasteiger partial charge in [-0.15, -0.1) is 0 Å². The molecule has 0 bridgehead atoms. The fraction of sp³-hybridized carbons (Fsp3) is 0.857. The van der Waals surface area contributed by atoms with Crippen LogP contribution in [0.4, 0.5) is 4.79 Å². The number of carboxylic acids is 1. The minimum Gasteiger partial charge on any atom is -0.480 e. The van der Waals surface area contributed by atoms with Crippen molar-refractivity contribution in [2.75, 3.05) is 6.54 Å². The molecule has 0 radical (unpaired) electrons. The first-order valence-electron chi connectivity index (χ1n) is 10.6. The highest BCUT2D eigenvalue weighted by Gasteiger charge is 2.42. The molecule has 28 heavy (non-hydrogen) atoms. The molecule has 0 aromatic heterocycles. The van der Waals surface area contributed by atoms with E-state index in [0.29, 0.717) is 18.9 Å². The first-order chi connectivity index (χ1) is 13.2. The lowest BCUT2D eigenvalue weighted by Gasteiger charge is -2.27. The van der Waals surface area contributed by atoms with Gasteiger partial charge in [0, 0.05) is 12.5 Å². The number of ether oxygens (including phenoxy) is 2. The van der Waals surface area contributed by atoms with Gasteiger partial charge in [0.25, 0.3) is 6.29 Å². The third kappa shape index (κ3) is 6.11. The van der Waals surface area contributed by atoms with E-state index >= 15 is 0 Å². The van der Waals surface area contributed by atoms with Crippen LogP contribution in [0.25, 0.3) is 0 Å². The van der Waals surface area contributed by atoms with Gasteiger partial charge in [0.2, 0.25) is 0 Å². The number of nitrogens with zero attached hydrogens (tertiary/aromatic N) is 1. The molecule has 2 rings (SSSR count). The zero-order valence-corrected chi connectivity index (χ0v) is 17.6. The normalized spacial score (nSPS) is 24.4. The molecule has 7 heteroatoms. The predicted octanol–water partition coefficient (Wildman–Crippen LogP) is 4.05. The smallest absolute Gasteiger partial charge is 0.413 e. The van der Waals surface area contributed by atoms with Crippen molar-refractivity contribution in [1.82, 2.24) is 4.90 Å². The van der Waals surface area contributed by atoms with Crippen LogP contribution < -0.4 is 0 Å². The summed E-state index contributed by atoms with van der Waals surface area (Å²) < 4.78 is 10.7. The van der Waals surface area contributed by atoms with E-state index in [1.807, 2.05) is 0 Å². The fourth-order valence-corrected chi connectivity index (χ4v) is 4.14. The number of aliphatic carboxylic acids is 1. The lowest BCUT2D eigenvalue weighted by atomic mass is 9.82. The molecule has 1 saturated heterocycles. The second kappa shape index (κ2) is 10.1. The molecular weight excluding hydrogens is 362 g/mol. The Morgan fingerprint density at radius 1 is 1.00 bits per heavy atom. The Hall–Kier alpha value is -1.79. The van der Waals surface area contributed by atoms with Crippen LogP contribution >= 0.6 is 0 Å². The van der Waals surface area contributed by atoms with Crippen molar-refractivity contribution >= 4 is 18.0 Å². The number of hydrogen-bond acceptors (Lipinski definition) is 5. The first kappa shape index (κ1) is 22.5. The van der Waals surface area contributed by atoms with E-state index < -0.39 is 30.4 Å². The highest BCUT2D eigenvalue weighted by atomic mass is 16.7. The van der Waals surface area contributed by atoms with E-state index in [9.17, 15) is 19.5 Å². The van der Waals surface area contributed by atoms with Crippen molar-refractivity contribution in [1.29, 1.82) is 0 Å². The predicted molar refractivity (Wildman–Crippen MR) is 103 cm³/mol. The van der Waals surface area contributed by atoms with Gasteiger partial charge in [-0.05, 0) is 24.7 Å². The summed E-state index contributed by atoms with van der Waals surface area (Å²) >= 11 is 0. The van der Waals surface area contributed by atoms with Crippen molar-refractivity contribution in [2.24, 2.45) is 23.7 Å². The molecule has 3 atom stereocenters. The number of rotatable bonds is 7. The van der Waals surface area contributed by atoms with Gasteiger partial charge in [-0.25, -0.2) is 9.59 Å². The Morgan fingerprint density at radius 2 is 1.64 bits per heavy atom. The summed E-state index contributed by atoms with van der Waals surface area (Å²) in [5, 5.41) is 9.58. The van der Waals surface area contributed by atoms with E-state index in [1.54, 1.807) is 27.7 Å². The molecular formula is C21H35NO6. The molecule has 0 aromatic rings. The van der Waals surface area contributed by atoms with Crippen LogP contribution in [0.2, 0.25) is 0 Å². The van der Waals surface area contributed by atoms with Gasteiger partial charge in [-0.2, -0.15) is 0 Å². The number of carboxylic acid groups (broad SMARTS) is 1. The van der Waals surface area contributed by atoms with Crippen LogP contribution in [0, 0.1) is 23.7 Å². The van der Waals surface area contributed by atoms with Crippen LogP contribution in [0.1, 0.15) is 72.6 Å². The van der Waals surface area contributed by atoms with E-state index in [4.69, 9.17) is 9.47 Å². The lowest BCUT2D eigenvalue weighted by molar-refractivity contribution is -0.181. The fourth-order valence-electron chi connectivity index (χ4n) is 4.14. The maximum Gasteiger partial charge on any atom is 0.413 e. The van der Waals surface area contributed by atoms with Gasteiger partial charge in [-0.1, -0.05) is 59.8 Å². The number of amides is 1. The monoisotopic (exact) mass is 397 g/mol. The second-order valence-corrected chi connectivity index (χ2v) is 8.94. The van der Waals surface area contributed by atoms with Gasteiger partial charge in [-0.3, -0.25) is 9.69 Å². The van der Waals surface area contributed by atoms with Gasteiger partial charge < -0.3 is 14.6 Å². The summed E-state index contributed by atoms with van der Waals surface area (Å²) in [5.74, 6) is -1.22. The van der Waals surface area contributed by atoms with Crippen molar-refractivity contribution in [3.05, 3.63) is 0 Å². The maximum absolute atomic E-state index is 12.7. The van der Waals surface area contributed by atoms with E-state index in [2.05, 4.69) is 0 Å². The Bertz CT molecular complexity index is 555. The third-order valence-corrected chi connectivity index (χ3v) is 5.76. The molecule has 1 saturated carbocycles. The first-order valence-corrected chi connectivity index (χ1v) is 10.6. The molecule has 1 aliphatic carbocycles. The molecule has 0 spiro atoms. The van der Waals surface area contributed by atoms with Crippen molar-refractivity contribution in [2.45, 2.75) is 85.0 Å². The van der Waals surface area contributed by atoms with Crippen LogP contribution in [-0.2, 0) is 19.1 Å². The van der Waals surface area contributed by atoms with Gasteiger partial charge >= 0.3 is 18.0 Å². The van der Waals surface area contributed by atoms with Crippen LogP contribution in [0.5, 0.6) is 0 Å². The summed E-state index contributed by atoms with van der Waals surface area (Å²) in [4.78, 5) is 37.6. The molecule has 1 heterocycles. The molecule has 1 N–H and O–H groups in total. The summed E-state index contributed by atoms with van der Waals surface area (Å²) in [7, 11) is 0. The third-order valence-electron chi connectivity index (χ3n) is 5.76. The van der Waals surface area contributed by atoms with Crippen molar-refractivity contribution < 1.29 is 29.0 Å². The molecule has 7 nitrogen and oxygen atoms in total. The van der Waals surface area contributed by atoms with Crippen LogP contribution in [0.15, 0.2) is 0 Å². The minimum atomic E-state index is -1.02. The minimum absolute atomic E-state index is 0.174. The number of carbonyl (C=O) groups excluding carboxylic acids is 2. The Balaban J connectivity index is 1.99. The lowest BCUT2D eigenvalue weighted by Crippen LogP contribution is -2.43. The van der Waals surface area contributed by atoms with Crippen LogP contribution in [0.3, 0.4) is 0 Å². The van der Waals surface area contributed by atoms with E-state index in [1.165, 1.54) is 37.0 Å². The largest absolute Gasteiger partial charge is 0.480 e. The Labute approximate surface area is 167 Å². The summed E-state index contributed by atoms with van der Waals surface area (Å²) in [6, 6.07) is -0.880. The zero-order chi connectivity index (χ0) is 20.8. The molecule has 2 aliphatic rings. The van der Waals surface area contributed by atoms with Crippen molar-refractivity contribution in [3.63, 3.8) is 0 Å². The van der Waals surface area contributed by atoms with Crippen molar-refractivity contribution in [3.8, 4) is 0 Å². The molecule has 160 valence electrons. The van der Waals surface area contributed by atoms with E-state index in [-0.39, 0.29) is 17.8 Å². The second-order valence-electron chi connectivity index (χ2n) is 8.94. The number of carbonyl (C=O) groups is 3. The van der Waals surface area contributed by atoms with Gasteiger partial charge in [0.1, 0.15) is 6.04 Å². The summed E-state index contributed by atoms with van der Waals surface area (Å²) in [5.41, 5.74) is 0. The molecule has 2 fully saturated rings. The van der Waals surface area contributed by atoms with Crippen LogP contribution in [-0.4, -0.2) is 46.9 Å². The zero-order valence-electron chi connectivity index (χ0n) is 17.6. The molecule has 0 aromatic carbocycles. The summed E-state index contributed by atoms with van der Waals surface area (Å²) in [6.07, 6.45) is 5.83. The number of hydrogen-bond donors (Lipinski definition) is 1. The Kier molecular flexibility index (Phi) is 8.13. The van der Waals surface area contributed by atoms with Gasteiger partial charge in [0.05, 0.1) is 5.92 Å². The molecule has 0 unspecified atom stereocenters. The molecule has 1 aliphatic heterocycles. The summed E-state index contributed by atoms with van der Waals surface area (Å²) in [6.45, 7) is 7.37. The highest BCUT2D eigenvalue weighted by Crippen LogP contribution is 2.35. The Morgan fingerprint density at radius 3 is 2.18 bits per heavy atom. The standard InChI is InChI=1S/C21H35NO6/c1-13(2)19(25)27-20(14(3)4)28-21(26)22-12-16(11-17(22)18(23)24)10-15-8-6-5-7-9-15/h13-17,20H,5-12H2,1-4H3,(H,23,24)/t16-,17-,20+/m0/s1. The molecule has 1 amide bonds. The number of likely N-dealkylation sites (tertiary alicyclic amines) is 1. The quantitative estimate of drug-likeness (QED) is 0.514. The average Bonchev–Trinajstić information content (AvgIpc) is 3.06. The SMILES string of the molecule is CC(C)C(=O)O[C@H](OC(=O)N1C[C@@H](CC2CCCCC2)C[C@H]1C(=O)O)C(C)C. The van der Waals surface area contributed by atoms with E-state index in [0.717, 1.165) is 6.42 Å². The highest BCUT2D eigenvalue weighted by molar-refractivity contribution is 5.81. The maximum atomic E-state index is 12.7. The average molecular weight is 398 g/mol. The number of esters is 1. The topological polar surface area (TPSA) is 93.1 Å².